The summed E-state index contributed by atoms with van der Waals surface area (Å²) < 4.78 is 0. The predicted octanol–water partition coefficient (Wildman–Crippen LogP) is -0.455. The molecule has 0 bridgehead atoms. The molecule has 0 fully saturated rings. The summed E-state index contributed by atoms with van der Waals surface area (Å²) in [6.45, 7) is 0.316. The van der Waals surface area contributed by atoms with Crippen LogP contribution < -0.4 is 5.73 Å². The lowest BCUT2D eigenvalue weighted by atomic mass is 10.5. The molecular weight excluding hydrogens is 101 g/mol. The molecule has 0 aromatic carbocycles. The summed E-state index contributed by atoms with van der Waals surface area (Å²) >= 11 is 5.27. The van der Waals surface area contributed by atoms with Crippen LogP contribution in [0.4, 0.5) is 0 Å². The number of hydrogen-bond acceptors (Lipinski definition) is 2. The van der Waals surface area contributed by atoms with Crippen LogP contribution in [0.1, 0.15) is 0 Å². The van der Waals surface area contributed by atoms with Gasteiger partial charge in [0.1, 0.15) is 0 Å². The maximum absolute atomic E-state index is 8.12. The second-order valence-corrected chi connectivity index (χ2v) is 1.63. The van der Waals surface area contributed by atoms with E-state index in [9.17, 15) is 0 Å². The highest BCUT2D eigenvalue weighted by Gasteiger charge is 1.93. The minimum atomic E-state index is -0.259. The van der Waals surface area contributed by atoms with Crippen LogP contribution in [-0.4, -0.2) is 23.6 Å². The molecule has 0 amide bonds. The molecule has 0 radical (unpaired) electrons. The van der Waals surface area contributed by atoms with Gasteiger partial charge in [-0.05, 0) is 0 Å². The molecule has 0 aromatic heterocycles. The summed E-state index contributed by atoms with van der Waals surface area (Å²) in [5.74, 6) is 0. The van der Waals surface area contributed by atoms with E-state index in [1.165, 1.54) is 0 Å². The molecule has 0 rings (SSSR count). The topological polar surface area (TPSA) is 46.2 Å². The van der Waals surface area contributed by atoms with Gasteiger partial charge in [0, 0.05) is 6.54 Å². The first-order valence-corrected chi connectivity index (χ1v) is 2.20. The lowest BCUT2D eigenvalue weighted by molar-refractivity contribution is 0.294. The SMILES string of the molecule is NCC(Cl)CO. The summed E-state index contributed by atoms with van der Waals surface area (Å²) in [5, 5.41) is 7.86. The molecule has 0 aliphatic carbocycles. The smallest absolute Gasteiger partial charge is 0.0689 e. The second-order valence-electron chi connectivity index (χ2n) is 1.02. The third-order valence-corrected chi connectivity index (χ3v) is 0.770. The van der Waals surface area contributed by atoms with Gasteiger partial charge in [-0.1, -0.05) is 0 Å². The molecule has 38 valence electrons. The number of rotatable bonds is 2. The van der Waals surface area contributed by atoms with Crippen molar-refractivity contribution in [2.45, 2.75) is 5.38 Å². The van der Waals surface area contributed by atoms with Crippen LogP contribution in [0, 0.1) is 0 Å². The number of hydrogen-bond donors (Lipinski definition) is 2. The highest BCUT2D eigenvalue weighted by atomic mass is 35.5. The van der Waals surface area contributed by atoms with Crippen LogP contribution >= 0.6 is 11.6 Å². The Hall–Kier alpha value is 0.210. The maximum atomic E-state index is 8.12. The van der Waals surface area contributed by atoms with Crippen molar-refractivity contribution in [2.24, 2.45) is 5.73 Å². The van der Waals surface area contributed by atoms with E-state index in [4.69, 9.17) is 22.4 Å². The Morgan fingerprint density at radius 1 is 1.83 bits per heavy atom. The Balaban J connectivity index is 2.75. The Bertz CT molecular complexity index is 30.0. The van der Waals surface area contributed by atoms with Crippen molar-refractivity contribution in [3.8, 4) is 0 Å². The van der Waals surface area contributed by atoms with E-state index in [-0.39, 0.29) is 12.0 Å². The highest BCUT2D eigenvalue weighted by molar-refractivity contribution is 6.20. The quantitative estimate of drug-likeness (QED) is 0.472. The number of aliphatic hydroxyl groups excluding tert-OH is 1. The van der Waals surface area contributed by atoms with Crippen molar-refractivity contribution >= 4 is 11.6 Å². The summed E-state index contributed by atoms with van der Waals surface area (Å²) in [4.78, 5) is 0. The largest absolute Gasteiger partial charge is 0.395 e. The molecule has 0 aromatic rings. The fraction of sp³-hybridized carbons (Fsp3) is 1.00. The first-order valence-electron chi connectivity index (χ1n) is 1.76. The Morgan fingerprint density at radius 3 is 2.33 bits per heavy atom. The van der Waals surface area contributed by atoms with Gasteiger partial charge in [0.2, 0.25) is 0 Å². The normalized spacial score (nSPS) is 14.5. The van der Waals surface area contributed by atoms with E-state index in [2.05, 4.69) is 0 Å². The lowest BCUT2D eigenvalue weighted by Gasteiger charge is -1.95. The predicted molar refractivity (Wildman–Crippen MR) is 25.8 cm³/mol. The first-order chi connectivity index (χ1) is 2.81. The summed E-state index contributed by atoms with van der Waals surface area (Å²) in [6, 6.07) is 0. The van der Waals surface area contributed by atoms with Gasteiger partial charge in [0.05, 0.1) is 12.0 Å². The van der Waals surface area contributed by atoms with E-state index in [0.29, 0.717) is 6.54 Å². The third kappa shape index (κ3) is 2.45. The fourth-order valence-electron chi connectivity index (χ4n) is 0.0745. The minimum Gasteiger partial charge on any atom is -0.395 e. The molecule has 1 atom stereocenters. The maximum Gasteiger partial charge on any atom is 0.0689 e. The highest BCUT2D eigenvalue weighted by Crippen LogP contribution is 1.86. The van der Waals surface area contributed by atoms with E-state index in [0.717, 1.165) is 0 Å². The lowest BCUT2D eigenvalue weighted by Crippen LogP contribution is -2.17. The zero-order valence-corrected chi connectivity index (χ0v) is 4.15. The first kappa shape index (κ1) is 6.21. The van der Waals surface area contributed by atoms with Crippen molar-refractivity contribution in [3.05, 3.63) is 0 Å². The summed E-state index contributed by atoms with van der Waals surface area (Å²) in [6.07, 6.45) is 0. The number of aliphatic hydroxyl groups is 1. The zero-order valence-electron chi connectivity index (χ0n) is 3.39. The van der Waals surface area contributed by atoms with Gasteiger partial charge < -0.3 is 10.8 Å². The molecule has 3 heteroatoms. The van der Waals surface area contributed by atoms with Crippen molar-refractivity contribution < 1.29 is 5.11 Å². The molecular formula is C3H8ClNO. The average molecular weight is 110 g/mol. The van der Waals surface area contributed by atoms with Crippen LogP contribution in [0.5, 0.6) is 0 Å². The van der Waals surface area contributed by atoms with E-state index in [1.807, 2.05) is 0 Å². The van der Waals surface area contributed by atoms with E-state index in [1.54, 1.807) is 0 Å². The van der Waals surface area contributed by atoms with Gasteiger partial charge in [0.25, 0.3) is 0 Å². The third-order valence-electron chi connectivity index (χ3n) is 0.454. The standard InChI is InChI=1S/C3H8ClNO/c4-3(1-5)2-6/h3,6H,1-2,5H2. The van der Waals surface area contributed by atoms with Crippen LogP contribution in [0.3, 0.4) is 0 Å². The van der Waals surface area contributed by atoms with Crippen molar-refractivity contribution in [3.63, 3.8) is 0 Å². The van der Waals surface area contributed by atoms with E-state index >= 15 is 0 Å². The minimum absolute atomic E-state index is 0.0297. The molecule has 6 heavy (non-hydrogen) atoms. The van der Waals surface area contributed by atoms with Crippen LogP contribution in [0.25, 0.3) is 0 Å². The Morgan fingerprint density at radius 2 is 2.33 bits per heavy atom. The van der Waals surface area contributed by atoms with Crippen molar-refractivity contribution in [1.82, 2.24) is 0 Å². The number of halogens is 1. The fourth-order valence-corrected chi connectivity index (χ4v) is 0.0745. The monoisotopic (exact) mass is 109 g/mol. The van der Waals surface area contributed by atoms with Gasteiger partial charge in [-0.2, -0.15) is 0 Å². The number of alkyl halides is 1. The van der Waals surface area contributed by atoms with Gasteiger partial charge in [-0.15, -0.1) is 11.6 Å². The molecule has 0 aliphatic heterocycles. The summed E-state index contributed by atoms with van der Waals surface area (Å²) in [5.41, 5.74) is 4.99. The average Bonchev–Trinajstić information content (AvgIpc) is 1.65. The van der Waals surface area contributed by atoms with Gasteiger partial charge in [-0.25, -0.2) is 0 Å². The zero-order chi connectivity index (χ0) is 4.99. The molecule has 0 spiro atoms. The van der Waals surface area contributed by atoms with Gasteiger partial charge >= 0.3 is 0 Å². The Kier molecular flexibility index (Phi) is 3.52. The van der Waals surface area contributed by atoms with Crippen LogP contribution in [0.2, 0.25) is 0 Å². The van der Waals surface area contributed by atoms with Crippen LogP contribution in [0.15, 0.2) is 0 Å². The van der Waals surface area contributed by atoms with Crippen molar-refractivity contribution in [1.29, 1.82) is 0 Å². The molecule has 0 aliphatic rings. The molecule has 0 saturated carbocycles. The molecule has 2 nitrogen and oxygen atoms in total. The van der Waals surface area contributed by atoms with Crippen molar-refractivity contribution in [2.75, 3.05) is 13.2 Å². The molecule has 3 N–H and O–H groups in total. The number of nitrogens with two attached hydrogens (primary N) is 1. The second kappa shape index (κ2) is 3.40. The van der Waals surface area contributed by atoms with Gasteiger partial charge in [0.15, 0.2) is 0 Å². The van der Waals surface area contributed by atoms with Crippen LogP contribution in [-0.2, 0) is 0 Å². The summed E-state index contributed by atoms with van der Waals surface area (Å²) in [7, 11) is 0. The Labute approximate surface area is 41.9 Å². The molecule has 1 unspecified atom stereocenters. The van der Waals surface area contributed by atoms with Gasteiger partial charge in [-0.3, -0.25) is 0 Å². The van der Waals surface area contributed by atoms with E-state index < -0.39 is 0 Å². The molecule has 0 heterocycles. The molecule has 0 saturated heterocycles.